The van der Waals surface area contributed by atoms with Gasteiger partial charge in [-0.2, -0.15) is 0 Å². The van der Waals surface area contributed by atoms with Gasteiger partial charge < -0.3 is 23.4 Å². The molecule has 0 fully saturated rings. The van der Waals surface area contributed by atoms with Gasteiger partial charge in [0.2, 0.25) is 5.91 Å². The first-order chi connectivity index (χ1) is 7.54. The van der Waals surface area contributed by atoms with Crippen LogP contribution in [0.5, 0.6) is 0 Å². The molecule has 3 nitrogen and oxygen atoms in total. The van der Waals surface area contributed by atoms with Crippen molar-refractivity contribution in [3.8, 4) is 0 Å². The summed E-state index contributed by atoms with van der Waals surface area (Å²) >= 11 is 0. The van der Waals surface area contributed by atoms with Gasteiger partial charge in [-0.3, -0.25) is 4.79 Å². The van der Waals surface area contributed by atoms with Crippen molar-refractivity contribution in [2.75, 3.05) is 19.8 Å². The molecular weight excluding hydrogens is 291 g/mol. The van der Waals surface area contributed by atoms with Crippen LogP contribution >= 0.6 is 0 Å². The Hall–Kier alpha value is 0.534. The van der Waals surface area contributed by atoms with E-state index >= 15 is 0 Å². The molecule has 1 amide bonds. The van der Waals surface area contributed by atoms with E-state index < -0.39 is 0 Å². The second kappa shape index (κ2) is 11.6. The number of hydrogen-bond acceptors (Lipinski definition) is 2. The predicted molar refractivity (Wildman–Crippen MR) is 66.8 cm³/mol. The van der Waals surface area contributed by atoms with Gasteiger partial charge in [-0.1, -0.05) is 27.4 Å². The third-order valence-corrected chi connectivity index (χ3v) is 2.67. The van der Waals surface area contributed by atoms with Gasteiger partial charge in [0.15, 0.2) is 0 Å². The molecule has 0 aliphatic heterocycles. The number of carbonyl (C=O) groups excluding carboxylic acids is 1. The largest absolute Gasteiger partial charge is 0.411 e. The molecule has 0 aromatic carbocycles. The van der Waals surface area contributed by atoms with Crippen LogP contribution in [0.4, 0.5) is 0 Å². The number of amides is 1. The van der Waals surface area contributed by atoms with E-state index in [1.807, 2.05) is 20.8 Å². The third kappa shape index (κ3) is 10.2. The summed E-state index contributed by atoms with van der Waals surface area (Å²) in [5.41, 5.74) is -0.278. The monoisotopic (exact) mass is 316 g/mol. The second-order valence-corrected chi connectivity index (χ2v) is 4.50. The van der Waals surface area contributed by atoms with Gasteiger partial charge in [-0.25, -0.2) is 12.8 Å². The van der Waals surface area contributed by atoms with Crippen molar-refractivity contribution in [2.24, 2.45) is 5.41 Å². The van der Waals surface area contributed by atoms with Crippen molar-refractivity contribution < 1.29 is 42.2 Å². The minimum atomic E-state index is -0.278. The maximum absolute atomic E-state index is 11.6. The summed E-state index contributed by atoms with van der Waals surface area (Å²) in [6.45, 7) is 11.4. The predicted octanol–water partition coefficient (Wildman–Crippen LogP) is 2.37. The Kier molecular flexibility index (Phi) is 13.6. The van der Waals surface area contributed by atoms with Crippen LogP contribution in [0.25, 0.3) is 0 Å². The molecule has 0 spiro atoms. The molecule has 0 rings (SSSR count). The average molecular weight is 316 g/mol. The molecule has 0 bridgehead atoms. The molecule has 1 radical (unpaired) electrons. The Morgan fingerprint density at radius 1 is 1.47 bits per heavy atom. The molecule has 0 aliphatic rings. The van der Waals surface area contributed by atoms with Gasteiger partial charge in [-0.15, -0.1) is 0 Å². The fourth-order valence-electron chi connectivity index (χ4n) is 1.03. The van der Waals surface area contributed by atoms with Gasteiger partial charge in [0, 0.05) is 44.7 Å². The summed E-state index contributed by atoms with van der Waals surface area (Å²) in [6.07, 6.45) is 4.79. The summed E-state index contributed by atoms with van der Waals surface area (Å²) < 4.78 is 5.33. The number of ether oxygens (including phenoxy) is 1. The molecule has 17 heavy (non-hydrogen) atoms. The van der Waals surface area contributed by atoms with E-state index in [0.717, 1.165) is 19.3 Å². The minimum absolute atomic E-state index is 0. The molecule has 0 aromatic heterocycles. The molecule has 0 aliphatic carbocycles. The number of hydrogen-bond donors (Lipinski definition) is 1. The first-order valence-electron chi connectivity index (χ1n) is 6.01. The number of rotatable bonds is 9. The Labute approximate surface area is 131 Å². The number of unbranched alkanes of at least 4 members (excludes halogenated alkanes) is 2. The maximum atomic E-state index is 11.6. The van der Waals surface area contributed by atoms with Crippen molar-refractivity contribution in [3.05, 3.63) is 13.3 Å². The fourth-order valence-corrected chi connectivity index (χ4v) is 1.03. The van der Waals surface area contributed by atoms with Crippen molar-refractivity contribution in [1.82, 2.24) is 5.32 Å². The molecule has 0 aromatic rings. The van der Waals surface area contributed by atoms with E-state index in [1.165, 1.54) is 0 Å². The van der Waals surface area contributed by atoms with Crippen LogP contribution < -0.4 is 5.32 Å². The third-order valence-electron chi connectivity index (χ3n) is 2.67. The Morgan fingerprint density at radius 2 is 2.12 bits per heavy atom. The van der Waals surface area contributed by atoms with Gasteiger partial charge in [-0.05, 0) is 6.42 Å². The number of nitrogens with one attached hydrogen (secondary N) is 1. The van der Waals surface area contributed by atoms with Gasteiger partial charge in [0.05, 0.1) is 6.61 Å². The number of carbonyl (C=O) groups is 1. The second-order valence-electron chi connectivity index (χ2n) is 4.50. The molecular formula is C13H25NO2Y-2. The zero-order valence-corrected chi connectivity index (χ0v) is 14.3. The van der Waals surface area contributed by atoms with E-state index in [-0.39, 0.29) is 44.0 Å². The Balaban J connectivity index is 0. The summed E-state index contributed by atoms with van der Waals surface area (Å²) in [7, 11) is 0. The summed E-state index contributed by atoms with van der Waals surface area (Å²) in [4.78, 5) is 11.6. The molecule has 0 saturated carbocycles. The molecule has 0 heterocycles. The van der Waals surface area contributed by atoms with Crippen molar-refractivity contribution >= 4 is 5.91 Å². The quantitative estimate of drug-likeness (QED) is 0.524. The first kappa shape index (κ1) is 19.9. The summed E-state index contributed by atoms with van der Waals surface area (Å²) in [6, 6.07) is 0. The van der Waals surface area contributed by atoms with Crippen LogP contribution in [0, 0.1) is 18.8 Å². The van der Waals surface area contributed by atoms with Gasteiger partial charge >= 0.3 is 0 Å². The SMILES string of the molecule is [CH2-]CC[CH-]COCCNC(=O)C(C)(C)CC.[Y]. The zero-order chi connectivity index (χ0) is 12.4. The fraction of sp³-hybridized carbons (Fsp3) is 0.769. The van der Waals surface area contributed by atoms with Crippen LogP contribution in [0.3, 0.4) is 0 Å². The van der Waals surface area contributed by atoms with E-state index in [1.54, 1.807) is 0 Å². The van der Waals surface area contributed by atoms with Crippen LogP contribution in [0.1, 0.15) is 40.0 Å². The summed E-state index contributed by atoms with van der Waals surface area (Å²) in [5, 5.41) is 2.87. The Bertz CT molecular complexity index is 196. The van der Waals surface area contributed by atoms with Crippen LogP contribution in [-0.4, -0.2) is 25.7 Å². The first-order valence-corrected chi connectivity index (χ1v) is 6.01. The molecule has 0 unspecified atom stereocenters. The van der Waals surface area contributed by atoms with E-state index in [2.05, 4.69) is 18.7 Å². The smallest absolute Gasteiger partial charge is 0.225 e. The zero-order valence-electron chi connectivity index (χ0n) is 11.4. The normalized spacial score (nSPS) is 10.8. The van der Waals surface area contributed by atoms with Crippen LogP contribution in [-0.2, 0) is 42.2 Å². The van der Waals surface area contributed by atoms with E-state index in [9.17, 15) is 4.79 Å². The molecule has 0 saturated heterocycles. The molecule has 99 valence electrons. The molecule has 1 N–H and O–H groups in total. The molecule has 0 atom stereocenters. The van der Waals surface area contributed by atoms with Gasteiger partial charge in [0.1, 0.15) is 0 Å². The van der Waals surface area contributed by atoms with Crippen LogP contribution in [0.2, 0.25) is 0 Å². The molecule has 4 heteroatoms. The van der Waals surface area contributed by atoms with Crippen molar-refractivity contribution in [2.45, 2.75) is 40.0 Å². The minimum Gasteiger partial charge on any atom is -0.411 e. The van der Waals surface area contributed by atoms with Gasteiger partial charge in [0.25, 0.3) is 0 Å². The van der Waals surface area contributed by atoms with Crippen molar-refractivity contribution in [1.29, 1.82) is 0 Å². The average Bonchev–Trinajstić information content (AvgIpc) is 2.27. The van der Waals surface area contributed by atoms with E-state index in [4.69, 9.17) is 4.74 Å². The van der Waals surface area contributed by atoms with Crippen LogP contribution in [0.15, 0.2) is 0 Å². The topological polar surface area (TPSA) is 38.3 Å². The van der Waals surface area contributed by atoms with Crippen molar-refractivity contribution in [3.63, 3.8) is 0 Å². The Morgan fingerprint density at radius 3 is 2.65 bits per heavy atom. The van der Waals surface area contributed by atoms with E-state index in [0.29, 0.717) is 19.8 Å². The maximum Gasteiger partial charge on any atom is 0.225 e. The summed E-state index contributed by atoms with van der Waals surface area (Å²) in [5.74, 6) is 0.0975. The standard InChI is InChI=1S/C13H25NO2.Y/c1-5-7-8-10-16-11-9-14-12(15)13(3,4)6-2;/h8H,1,5-7,9-11H2,2-4H3,(H,14,15);/q-2;.